The van der Waals surface area contributed by atoms with Gasteiger partial charge in [-0.05, 0) is 19.8 Å². The molecule has 0 aromatic rings. The van der Waals surface area contributed by atoms with Crippen LogP contribution in [0, 0.1) is 0 Å². The van der Waals surface area contributed by atoms with Crippen LogP contribution in [-0.4, -0.2) is 44.2 Å². The van der Waals surface area contributed by atoms with E-state index in [1.54, 1.807) is 6.92 Å². The van der Waals surface area contributed by atoms with Crippen molar-refractivity contribution in [3.8, 4) is 0 Å². The summed E-state index contributed by atoms with van der Waals surface area (Å²) in [7, 11) is 4.34. The van der Waals surface area contributed by atoms with Crippen LogP contribution >= 0.6 is 0 Å². The largest absolute Gasteiger partial charge is 0.456 e. The standard InChI is InChI=1S/C13H26NO2/c1-6-7-8-9-14(4,5)10-11-16-13(15)12(2)3/h2,6-11H2,1,3-5H3/q+1. The molecule has 0 heterocycles. The van der Waals surface area contributed by atoms with Gasteiger partial charge in [-0.25, -0.2) is 4.79 Å². The van der Waals surface area contributed by atoms with Crippen molar-refractivity contribution in [1.29, 1.82) is 0 Å². The number of rotatable bonds is 8. The van der Waals surface area contributed by atoms with E-state index in [-0.39, 0.29) is 5.97 Å². The first-order valence-corrected chi connectivity index (χ1v) is 6.03. The molecule has 0 aliphatic rings. The first-order valence-electron chi connectivity index (χ1n) is 6.03. The van der Waals surface area contributed by atoms with E-state index in [0.717, 1.165) is 17.6 Å². The SMILES string of the molecule is C=C(C)C(=O)OCC[N+](C)(C)CCCCC. The average Bonchev–Trinajstić information content (AvgIpc) is 2.17. The summed E-state index contributed by atoms with van der Waals surface area (Å²) in [5.74, 6) is -0.284. The molecule has 0 fully saturated rings. The average molecular weight is 228 g/mol. The van der Waals surface area contributed by atoms with Gasteiger partial charge in [0, 0.05) is 5.57 Å². The highest BCUT2D eigenvalue weighted by molar-refractivity contribution is 5.86. The monoisotopic (exact) mass is 228 g/mol. The zero-order chi connectivity index (χ0) is 12.6. The van der Waals surface area contributed by atoms with Gasteiger partial charge in [-0.2, -0.15) is 0 Å². The third-order valence-electron chi connectivity index (χ3n) is 2.65. The maximum Gasteiger partial charge on any atom is 0.333 e. The number of ether oxygens (including phenoxy) is 1. The molecule has 0 N–H and O–H groups in total. The van der Waals surface area contributed by atoms with E-state index >= 15 is 0 Å². The first-order chi connectivity index (χ1) is 7.39. The summed E-state index contributed by atoms with van der Waals surface area (Å²) in [6.07, 6.45) is 3.75. The molecule has 0 atom stereocenters. The van der Waals surface area contributed by atoms with E-state index in [2.05, 4.69) is 27.6 Å². The number of carbonyl (C=O) groups excluding carboxylic acids is 1. The number of esters is 1. The quantitative estimate of drug-likeness (QED) is 0.276. The van der Waals surface area contributed by atoms with Crippen molar-refractivity contribution in [2.45, 2.75) is 33.1 Å². The Hall–Kier alpha value is -0.830. The third-order valence-corrected chi connectivity index (χ3v) is 2.65. The zero-order valence-electron chi connectivity index (χ0n) is 11.2. The number of likely N-dealkylation sites (N-methyl/N-ethyl adjacent to an activating group) is 1. The molecule has 0 radical (unpaired) electrons. The van der Waals surface area contributed by atoms with Crippen molar-refractivity contribution in [3.63, 3.8) is 0 Å². The van der Waals surface area contributed by atoms with Gasteiger partial charge >= 0.3 is 5.97 Å². The molecule has 0 aliphatic carbocycles. The number of hydrogen-bond acceptors (Lipinski definition) is 2. The molecule has 0 bridgehead atoms. The molecule has 0 aromatic heterocycles. The Balaban J connectivity index is 3.73. The molecule has 0 amide bonds. The Morgan fingerprint density at radius 1 is 1.25 bits per heavy atom. The van der Waals surface area contributed by atoms with Gasteiger partial charge in [-0.3, -0.25) is 0 Å². The highest BCUT2D eigenvalue weighted by atomic mass is 16.5. The smallest absolute Gasteiger partial charge is 0.333 e. The Kier molecular flexibility index (Phi) is 7.06. The van der Waals surface area contributed by atoms with Crippen molar-refractivity contribution in [2.24, 2.45) is 0 Å². The van der Waals surface area contributed by atoms with Crippen LogP contribution in [0.3, 0.4) is 0 Å². The number of carbonyl (C=O) groups is 1. The number of nitrogens with zero attached hydrogens (tertiary/aromatic N) is 1. The van der Waals surface area contributed by atoms with Gasteiger partial charge in [0.05, 0.1) is 20.6 Å². The van der Waals surface area contributed by atoms with Crippen LogP contribution in [-0.2, 0) is 9.53 Å². The Morgan fingerprint density at radius 3 is 2.38 bits per heavy atom. The van der Waals surface area contributed by atoms with Gasteiger partial charge in [-0.15, -0.1) is 0 Å². The lowest BCUT2D eigenvalue weighted by atomic mass is 10.2. The van der Waals surface area contributed by atoms with E-state index in [4.69, 9.17) is 4.74 Å². The second-order valence-corrected chi connectivity index (χ2v) is 5.01. The normalized spacial score (nSPS) is 11.2. The molecule has 16 heavy (non-hydrogen) atoms. The van der Waals surface area contributed by atoms with E-state index in [1.165, 1.54) is 19.3 Å². The Labute approximate surface area is 99.7 Å². The Bertz CT molecular complexity index is 234. The van der Waals surface area contributed by atoms with Crippen LogP contribution in [0.5, 0.6) is 0 Å². The molecule has 0 saturated heterocycles. The van der Waals surface area contributed by atoms with Crippen molar-refractivity contribution in [2.75, 3.05) is 33.8 Å². The van der Waals surface area contributed by atoms with Gasteiger partial charge in [0.2, 0.25) is 0 Å². The number of quaternary nitrogens is 1. The predicted molar refractivity (Wildman–Crippen MR) is 67.1 cm³/mol. The minimum absolute atomic E-state index is 0.284. The fourth-order valence-electron chi connectivity index (χ4n) is 1.41. The topological polar surface area (TPSA) is 26.3 Å². The summed E-state index contributed by atoms with van der Waals surface area (Å²) < 4.78 is 6.00. The highest BCUT2D eigenvalue weighted by Crippen LogP contribution is 2.04. The first kappa shape index (κ1) is 15.2. The van der Waals surface area contributed by atoms with Crippen molar-refractivity contribution < 1.29 is 14.0 Å². The van der Waals surface area contributed by atoms with Gasteiger partial charge in [0.25, 0.3) is 0 Å². The van der Waals surface area contributed by atoms with Crippen LogP contribution in [0.4, 0.5) is 0 Å². The van der Waals surface area contributed by atoms with Crippen LogP contribution in [0.1, 0.15) is 33.1 Å². The molecule has 0 aliphatic heterocycles. The predicted octanol–water partition coefficient (Wildman–Crippen LogP) is 2.37. The maximum atomic E-state index is 11.2. The molecule has 0 saturated carbocycles. The Morgan fingerprint density at radius 2 is 1.88 bits per heavy atom. The van der Waals surface area contributed by atoms with E-state index in [0.29, 0.717) is 12.2 Å². The lowest BCUT2D eigenvalue weighted by molar-refractivity contribution is -0.890. The van der Waals surface area contributed by atoms with E-state index in [9.17, 15) is 4.79 Å². The second kappa shape index (κ2) is 7.44. The number of hydrogen-bond donors (Lipinski definition) is 0. The molecule has 0 aromatic carbocycles. The fourth-order valence-corrected chi connectivity index (χ4v) is 1.41. The second-order valence-electron chi connectivity index (χ2n) is 5.01. The summed E-state index contributed by atoms with van der Waals surface area (Å²) in [4.78, 5) is 11.2. The van der Waals surface area contributed by atoms with Crippen LogP contribution in [0.15, 0.2) is 12.2 Å². The molecule has 0 spiro atoms. The van der Waals surface area contributed by atoms with E-state index in [1.807, 2.05) is 0 Å². The lowest BCUT2D eigenvalue weighted by Crippen LogP contribution is -2.43. The fraction of sp³-hybridized carbons (Fsp3) is 0.769. The van der Waals surface area contributed by atoms with Gasteiger partial charge in [0.1, 0.15) is 13.2 Å². The summed E-state index contributed by atoms with van der Waals surface area (Å²) in [6.45, 7) is 9.90. The summed E-state index contributed by atoms with van der Waals surface area (Å²) in [5.41, 5.74) is 0.469. The molecular weight excluding hydrogens is 202 g/mol. The van der Waals surface area contributed by atoms with Gasteiger partial charge < -0.3 is 9.22 Å². The number of unbranched alkanes of at least 4 members (excludes halogenated alkanes) is 2. The van der Waals surface area contributed by atoms with Crippen molar-refractivity contribution in [3.05, 3.63) is 12.2 Å². The summed E-state index contributed by atoms with van der Waals surface area (Å²) in [6, 6.07) is 0. The van der Waals surface area contributed by atoms with Crippen LogP contribution in [0.25, 0.3) is 0 Å². The highest BCUT2D eigenvalue weighted by Gasteiger charge is 2.15. The molecule has 0 rings (SSSR count). The van der Waals surface area contributed by atoms with Gasteiger partial charge in [0.15, 0.2) is 0 Å². The minimum atomic E-state index is -0.284. The molecular formula is C13H26NO2+. The zero-order valence-corrected chi connectivity index (χ0v) is 11.2. The molecule has 3 heteroatoms. The minimum Gasteiger partial charge on any atom is -0.456 e. The third kappa shape index (κ3) is 7.46. The molecule has 0 unspecified atom stereocenters. The van der Waals surface area contributed by atoms with Crippen LogP contribution < -0.4 is 0 Å². The summed E-state index contributed by atoms with van der Waals surface area (Å²) >= 11 is 0. The van der Waals surface area contributed by atoms with Gasteiger partial charge in [-0.1, -0.05) is 19.9 Å². The van der Waals surface area contributed by atoms with Crippen molar-refractivity contribution in [1.82, 2.24) is 0 Å². The van der Waals surface area contributed by atoms with Crippen LogP contribution in [0.2, 0.25) is 0 Å². The van der Waals surface area contributed by atoms with Crippen molar-refractivity contribution >= 4 is 5.97 Å². The molecule has 94 valence electrons. The van der Waals surface area contributed by atoms with E-state index < -0.39 is 0 Å². The lowest BCUT2D eigenvalue weighted by Gasteiger charge is -2.29. The maximum absolute atomic E-state index is 11.2. The molecule has 3 nitrogen and oxygen atoms in total. The summed E-state index contributed by atoms with van der Waals surface area (Å²) in [5, 5.41) is 0.